The first kappa shape index (κ1) is 17.9. The molecule has 0 saturated heterocycles. The summed E-state index contributed by atoms with van der Waals surface area (Å²) in [6.45, 7) is 4.15. The molecule has 3 rings (SSSR count). The number of carbonyl (C=O) groups is 1. The van der Waals surface area contributed by atoms with Crippen LogP contribution >= 0.6 is 0 Å². The minimum absolute atomic E-state index is 0.147. The van der Waals surface area contributed by atoms with Crippen LogP contribution in [0, 0.1) is 0 Å². The zero-order valence-electron chi connectivity index (χ0n) is 15.2. The molecule has 3 aromatic rings. The Bertz CT molecular complexity index is 974. The van der Waals surface area contributed by atoms with E-state index in [-0.39, 0.29) is 17.7 Å². The van der Waals surface area contributed by atoms with E-state index < -0.39 is 5.97 Å². The lowest BCUT2D eigenvalue weighted by atomic mass is 9.98. The van der Waals surface area contributed by atoms with Crippen LogP contribution in [0.2, 0.25) is 0 Å². The number of carbonyl (C=O) groups excluding carboxylic acids is 1. The maximum absolute atomic E-state index is 13.3. The zero-order valence-corrected chi connectivity index (χ0v) is 15.2. The van der Waals surface area contributed by atoms with Gasteiger partial charge in [-0.2, -0.15) is 0 Å². The van der Waals surface area contributed by atoms with Crippen molar-refractivity contribution < 1.29 is 9.53 Å². The molecule has 0 unspecified atom stereocenters. The molecule has 2 aromatic carbocycles. The van der Waals surface area contributed by atoms with E-state index in [1.54, 1.807) is 6.92 Å². The average molecular weight is 349 g/mol. The molecule has 0 aliphatic rings. The molecule has 1 N–H and O–H groups in total. The van der Waals surface area contributed by atoms with Crippen LogP contribution < -0.4 is 5.43 Å². The minimum Gasteiger partial charge on any atom is -0.461 e. The number of rotatable bonds is 6. The van der Waals surface area contributed by atoms with E-state index >= 15 is 0 Å². The van der Waals surface area contributed by atoms with E-state index in [1.807, 2.05) is 48.5 Å². The maximum Gasteiger partial charge on any atom is 0.355 e. The summed E-state index contributed by atoms with van der Waals surface area (Å²) in [6, 6.07) is 15.1. The Labute approximate surface area is 152 Å². The smallest absolute Gasteiger partial charge is 0.355 e. The van der Waals surface area contributed by atoms with Crippen molar-refractivity contribution in [2.45, 2.75) is 33.1 Å². The van der Waals surface area contributed by atoms with E-state index in [0.717, 1.165) is 24.8 Å². The molecule has 0 aliphatic carbocycles. The molecule has 0 radical (unpaired) electrons. The highest BCUT2D eigenvalue weighted by Gasteiger charge is 2.20. The van der Waals surface area contributed by atoms with Gasteiger partial charge < -0.3 is 9.72 Å². The number of esters is 1. The van der Waals surface area contributed by atoms with Crippen LogP contribution in [0.5, 0.6) is 0 Å². The van der Waals surface area contributed by atoms with Gasteiger partial charge in [0.2, 0.25) is 0 Å². The Kier molecular flexibility index (Phi) is 5.52. The number of H-pyrrole nitrogens is 1. The summed E-state index contributed by atoms with van der Waals surface area (Å²) in [5.41, 5.74) is 2.91. The van der Waals surface area contributed by atoms with Crippen LogP contribution in [-0.4, -0.2) is 17.6 Å². The minimum atomic E-state index is -0.514. The number of aromatic amines is 1. The predicted octanol–water partition coefficient (Wildman–Crippen LogP) is 4.71. The second-order valence-corrected chi connectivity index (χ2v) is 6.27. The lowest BCUT2D eigenvalue weighted by Crippen LogP contribution is -2.17. The van der Waals surface area contributed by atoms with Gasteiger partial charge in [0, 0.05) is 10.9 Å². The summed E-state index contributed by atoms with van der Waals surface area (Å²) in [6.07, 6.45) is 3.12. The Balaban J connectivity index is 2.25. The molecule has 1 heterocycles. The van der Waals surface area contributed by atoms with E-state index in [2.05, 4.69) is 11.9 Å². The van der Waals surface area contributed by atoms with Gasteiger partial charge in [-0.05, 0) is 43.0 Å². The molecule has 0 spiro atoms. The summed E-state index contributed by atoms with van der Waals surface area (Å²) in [5.74, 6) is -0.514. The molecular formula is C22H23NO3. The van der Waals surface area contributed by atoms with Gasteiger partial charge in [-0.3, -0.25) is 4.79 Å². The van der Waals surface area contributed by atoms with Gasteiger partial charge in [-0.1, -0.05) is 49.7 Å². The van der Waals surface area contributed by atoms with Crippen LogP contribution in [0.3, 0.4) is 0 Å². The summed E-state index contributed by atoms with van der Waals surface area (Å²) in [4.78, 5) is 28.8. The Hall–Kier alpha value is -2.88. The van der Waals surface area contributed by atoms with Crippen molar-refractivity contribution in [1.82, 2.24) is 4.98 Å². The fraction of sp³-hybridized carbons (Fsp3) is 0.273. The molecule has 0 saturated carbocycles. The molecule has 0 amide bonds. The Morgan fingerprint density at radius 1 is 1.08 bits per heavy atom. The first-order valence-electron chi connectivity index (χ1n) is 9.07. The number of benzene rings is 2. The van der Waals surface area contributed by atoms with E-state index in [4.69, 9.17) is 4.74 Å². The first-order valence-corrected chi connectivity index (χ1v) is 9.07. The van der Waals surface area contributed by atoms with Crippen LogP contribution in [0.15, 0.2) is 53.3 Å². The fourth-order valence-corrected chi connectivity index (χ4v) is 3.11. The van der Waals surface area contributed by atoms with Crippen LogP contribution in [0.25, 0.3) is 22.0 Å². The number of hydrogen-bond donors (Lipinski definition) is 1. The van der Waals surface area contributed by atoms with Crippen molar-refractivity contribution in [2.24, 2.45) is 0 Å². The normalized spacial score (nSPS) is 10.8. The van der Waals surface area contributed by atoms with E-state index in [1.165, 1.54) is 0 Å². The highest BCUT2D eigenvalue weighted by atomic mass is 16.5. The van der Waals surface area contributed by atoms with Gasteiger partial charge in [0.1, 0.15) is 5.69 Å². The summed E-state index contributed by atoms with van der Waals surface area (Å²) >= 11 is 0. The van der Waals surface area contributed by atoms with Crippen molar-refractivity contribution in [3.05, 3.63) is 70.0 Å². The number of hydrogen-bond acceptors (Lipinski definition) is 3. The molecule has 0 aliphatic heterocycles. The van der Waals surface area contributed by atoms with Crippen molar-refractivity contribution in [2.75, 3.05) is 6.61 Å². The lowest BCUT2D eigenvalue weighted by molar-refractivity contribution is 0.0521. The molecule has 4 heteroatoms. The summed E-state index contributed by atoms with van der Waals surface area (Å²) in [7, 11) is 0. The fourth-order valence-electron chi connectivity index (χ4n) is 3.11. The van der Waals surface area contributed by atoms with Gasteiger partial charge in [0.05, 0.1) is 12.2 Å². The first-order chi connectivity index (χ1) is 12.7. The second kappa shape index (κ2) is 8.00. The Morgan fingerprint density at radius 2 is 1.85 bits per heavy atom. The summed E-state index contributed by atoms with van der Waals surface area (Å²) in [5, 5.41) is 0.602. The number of unbranched alkanes of at least 4 members (excludes halogenated alkanes) is 1. The molecular weight excluding hydrogens is 326 g/mol. The van der Waals surface area contributed by atoms with Crippen LogP contribution in [0.4, 0.5) is 0 Å². The largest absolute Gasteiger partial charge is 0.461 e. The number of aromatic nitrogens is 1. The Morgan fingerprint density at radius 3 is 2.54 bits per heavy atom. The molecule has 26 heavy (non-hydrogen) atoms. The molecule has 1 aromatic heterocycles. The molecule has 134 valence electrons. The molecule has 0 atom stereocenters. The summed E-state index contributed by atoms with van der Waals surface area (Å²) < 4.78 is 5.16. The quantitative estimate of drug-likeness (QED) is 0.655. The van der Waals surface area contributed by atoms with E-state index in [0.29, 0.717) is 22.0 Å². The topological polar surface area (TPSA) is 59.2 Å². The van der Waals surface area contributed by atoms with Gasteiger partial charge >= 0.3 is 5.97 Å². The third-order valence-electron chi connectivity index (χ3n) is 4.43. The SMILES string of the molecule is CCCCc1ccc2[nH]c(C(=O)OCC)c(-c3ccccc3)c(=O)c2c1. The van der Waals surface area contributed by atoms with Gasteiger partial charge in [0.25, 0.3) is 0 Å². The van der Waals surface area contributed by atoms with E-state index in [9.17, 15) is 9.59 Å². The highest BCUT2D eigenvalue weighted by molar-refractivity contribution is 5.99. The third kappa shape index (κ3) is 3.54. The van der Waals surface area contributed by atoms with Crippen LogP contribution in [-0.2, 0) is 11.2 Å². The predicted molar refractivity (Wildman–Crippen MR) is 105 cm³/mol. The number of fused-ring (bicyclic) bond motifs is 1. The average Bonchev–Trinajstić information content (AvgIpc) is 2.67. The number of aryl methyl sites for hydroxylation is 1. The highest BCUT2D eigenvalue weighted by Crippen LogP contribution is 2.23. The molecule has 0 bridgehead atoms. The number of nitrogens with one attached hydrogen (secondary N) is 1. The zero-order chi connectivity index (χ0) is 18.5. The van der Waals surface area contributed by atoms with Crippen LogP contribution in [0.1, 0.15) is 42.7 Å². The molecule has 4 nitrogen and oxygen atoms in total. The standard InChI is InChI=1S/C22H23NO3/c1-3-5-9-15-12-13-18-17(14-15)21(24)19(16-10-7-6-8-11-16)20(23-18)22(25)26-4-2/h6-8,10-14H,3-5,9H2,1-2H3,(H,23,24). The van der Waals surface area contributed by atoms with Crippen molar-refractivity contribution >= 4 is 16.9 Å². The van der Waals surface area contributed by atoms with Gasteiger partial charge in [-0.15, -0.1) is 0 Å². The maximum atomic E-state index is 13.3. The van der Waals surface area contributed by atoms with Crippen molar-refractivity contribution in [3.8, 4) is 11.1 Å². The third-order valence-corrected chi connectivity index (χ3v) is 4.43. The monoisotopic (exact) mass is 349 g/mol. The van der Waals surface area contributed by atoms with Crippen molar-refractivity contribution in [3.63, 3.8) is 0 Å². The number of pyridine rings is 1. The van der Waals surface area contributed by atoms with Gasteiger partial charge in [0.15, 0.2) is 5.43 Å². The second-order valence-electron chi connectivity index (χ2n) is 6.27. The van der Waals surface area contributed by atoms with Crippen molar-refractivity contribution in [1.29, 1.82) is 0 Å². The molecule has 0 fully saturated rings. The number of ether oxygens (including phenoxy) is 1. The van der Waals surface area contributed by atoms with Gasteiger partial charge in [-0.25, -0.2) is 4.79 Å². The lowest BCUT2D eigenvalue weighted by Gasteiger charge is -2.12.